The van der Waals surface area contributed by atoms with Crippen LogP contribution in [-0.2, 0) is 14.2 Å². The Balaban J connectivity index is 1.81. The predicted molar refractivity (Wildman–Crippen MR) is 160 cm³/mol. The lowest BCUT2D eigenvalue weighted by molar-refractivity contribution is -0.891. The number of unbranched alkanes of at least 4 members (excludes halogenated alkanes) is 15. The number of nitrogens with zero attached hydrogens (tertiary/aromatic N) is 1. The minimum Gasteiger partial charge on any atom is -0.460 e. The van der Waals surface area contributed by atoms with Crippen LogP contribution in [0.4, 0.5) is 0 Å². The Bertz CT molecular complexity index is 650. The van der Waals surface area contributed by atoms with Crippen molar-refractivity contribution in [1.82, 2.24) is 0 Å². The van der Waals surface area contributed by atoms with E-state index in [2.05, 4.69) is 21.0 Å². The largest absolute Gasteiger partial charge is 0.460 e. The van der Waals surface area contributed by atoms with E-state index in [1.807, 2.05) is 18.2 Å². The van der Waals surface area contributed by atoms with Crippen molar-refractivity contribution in [2.45, 2.75) is 110 Å². The van der Waals surface area contributed by atoms with E-state index < -0.39 is 0 Å². The van der Waals surface area contributed by atoms with Gasteiger partial charge in [0, 0.05) is 0 Å². The summed E-state index contributed by atoms with van der Waals surface area (Å²) in [6.45, 7) is 7.02. The van der Waals surface area contributed by atoms with Crippen LogP contribution in [-0.4, -0.2) is 70.7 Å². The molecule has 1 aromatic rings. The second-order valence-corrected chi connectivity index (χ2v) is 11.4. The first-order valence-corrected chi connectivity index (χ1v) is 15.7. The van der Waals surface area contributed by atoms with Crippen molar-refractivity contribution in [1.29, 1.82) is 0 Å². The molecule has 0 unspecified atom stereocenters. The van der Waals surface area contributed by atoms with Gasteiger partial charge in [-0.2, -0.15) is 0 Å². The van der Waals surface area contributed by atoms with Crippen molar-refractivity contribution in [3.8, 4) is 0 Å². The van der Waals surface area contributed by atoms with Crippen LogP contribution < -0.4 is 0 Å². The lowest BCUT2D eigenvalue weighted by Gasteiger charge is -2.29. The van der Waals surface area contributed by atoms with Crippen LogP contribution in [0.15, 0.2) is 30.3 Å². The highest BCUT2D eigenvalue weighted by atomic mass is 16.6. The Labute approximate surface area is 235 Å². The van der Waals surface area contributed by atoms with Gasteiger partial charge in [-0.25, -0.2) is 4.79 Å². The van der Waals surface area contributed by atoms with Crippen molar-refractivity contribution in [3.63, 3.8) is 0 Å². The molecule has 1 aromatic carbocycles. The topological polar surface area (TPSA) is 44.8 Å². The normalized spacial score (nSPS) is 11.7. The molecule has 1 rings (SSSR count). The summed E-state index contributed by atoms with van der Waals surface area (Å²) in [4.78, 5) is 11.8. The smallest absolute Gasteiger partial charge is 0.338 e. The van der Waals surface area contributed by atoms with Crippen LogP contribution in [0.25, 0.3) is 0 Å². The number of quaternary nitrogens is 1. The van der Waals surface area contributed by atoms with Crippen LogP contribution in [0.2, 0.25) is 0 Å². The molecule has 5 nitrogen and oxygen atoms in total. The molecular formula is C33H60NO4+. The van der Waals surface area contributed by atoms with Gasteiger partial charge in [0.05, 0.1) is 52.6 Å². The van der Waals surface area contributed by atoms with Gasteiger partial charge in [-0.15, -0.1) is 0 Å². The lowest BCUT2D eigenvalue weighted by Crippen LogP contribution is -2.43. The number of carbonyl (C=O) groups excluding carboxylic acids is 1. The van der Waals surface area contributed by atoms with Crippen LogP contribution in [0.1, 0.15) is 120 Å². The van der Waals surface area contributed by atoms with Gasteiger partial charge in [0.15, 0.2) is 0 Å². The fourth-order valence-electron chi connectivity index (χ4n) is 4.68. The van der Waals surface area contributed by atoms with Crippen molar-refractivity contribution >= 4 is 5.97 Å². The lowest BCUT2D eigenvalue weighted by atomic mass is 10.0. The summed E-state index contributed by atoms with van der Waals surface area (Å²) in [5.74, 6) is -0.310. The van der Waals surface area contributed by atoms with Crippen LogP contribution >= 0.6 is 0 Å². The fourth-order valence-corrected chi connectivity index (χ4v) is 4.68. The average molecular weight is 535 g/mol. The van der Waals surface area contributed by atoms with E-state index in [0.29, 0.717) is 25.4 Å². The van der Waals surface area contributed by atoms with Gasteiger partial charge in [-0.1, -0.05) is 115 Å². The molecule has 0 radical (unpaired) electrons. The first-order chi connectivity index (χ1) is 18.5. The Kier molecular flexibility index (Phi) is 22.4. The Hall–Kier alpha value is -1.43. The van der Waals surface area contributed by atoms with Crippen LogP contribution in [0.5, 0.6) is 0 Å². The van der Waals surface area contributed by atoms with Crippen molar-refractivity contribution in [3.05, 3.63) is 35.9 Å². The number of benzene rings is 1. The zero-order chi connectivity index (χ0) is 27.6. The number of carbonyl (C=O) groups is 1. The summed E-state index contributed by atoms with van der Waals surface area (Å²) in [6.07, 6.45) is 22.6. The summed E-state index contributed by atoms with van der Waals surface area (Å²) < 4.78 is 17.5. The molecule has 0 amide bonds. The van der Waals surface area contributed by atoms with Gasteiger partial charge in [-0.3, -0.25) is 0 Å². The van der Waals surface area contributed by atoms with Crippen molar-refractivity contribution in [2.75, 3.05) is 60.2 Å². The molecule has 0 spiro atoms. The van der Waals surface area contributed by atoms with E-state index in [1.54, 1.807) is 12.1 Å². The van der Waals surface area contributed by atoms with Crippen LogP contribution in [0, 0.1) is 0 Å². The molecule has 0 fully saturated rings. The van der Waals surface area contributed by atoms with E-state index in [1.165, 1.54) is 109 Å². The van der Waals surface area contributed by atoms with Gasteiger partial charge in [0.1, 0.15) is 13.2 Å². The molecule has 0 aliphatic heterocycles. The second-order valence-electron chi connectivity index (χ2n) is 11.4. The molecule has 0 aliphatic rings. The first-order valence-electron chi connectivity index (χ1n) is 15.7. The molecule has 0 saturated heterocycles. The number of rotatable bonds is 27. The van der Waals surface area contributed by atoms with Gasteiger partial charge >= 0.3 is 5.97 Å². The molecule has 0 bridgehead atoms. The van der Waals surface area contributed by atoms with E-state index >= 15 is 0 Å². The molecule has 0 atom stereocenters. The summed E-state index contributed by atoms with van der Waals surface area (Å²) in [7, 11) is 4.60. The standard InChI is InChI=1S/C33H60NO4/c1-4-5-6-7-8-9-10-11-12-13-14-15-16-17-18-22-25-34(2,3)26-27-36-28-29-37-30-31-38-33(35)32-23-20-19-21-24-32/h19-21,23-24H,4-18,22,25-31H2,1-3H3/q+1. The molecule has 0 heterocycles. The van der Waals surface area contributed by atoms with Gasteiger partial charge in [-0.05, 0) is 25.0 Å². The Morgan fingerprint density at radius 3 is 1.55 bits per heavy atom. The highest BCUT2D eigenvalue weighted by molar-refractivity contribution is 5.89. The van der Waals surface area contributed by atoms with Gasteiger partial charge in [0.2, 0.25) is 0 Å². The highest BCUT2D eigenvalue weighted by Crippen LogP contribution is 2.14. The number of hydrogen-bond acceptors (Lipinski definition) is 4. The monoisotopic (exact) mass is 534 g/mol. The fraction of sp³-hybridized carbons (Fsp3) is 0.788. The first kappa shape index (κ1) is 34.6. The van der Waals surface area contributed by atoms with Crippen molar-refractivity contribution < 1.29 is 23.5 Å². The number of ether oxygens (including phenoxy) is 3. The van der Waals surface area contributed by atoms with E-state index in [-0.39, 0.29) is 12.6 Å². The molecule has 0 aromatic heterocycles. The molecule has 0 saturated carbocycles. The summed E-state index contributed by atoms with van der Waals surface area (Å²) in [5.41, 5.74) is 0.566. The number of likely N-dealkylation sites (N-methyl/N-ethyl adjacent to an activating group) is 1. The zero-order valence-electron chi connectivity index (χ0n) is 25.2. The second kappa shape index (κ2) is 24.6. The van der Waals surface area contributed by atoms with E-state index in [9.17, 15) is 4.79 Å². The van der Waals surface area contributed by atoms with Crippen LogP contribution in [0.3, 0.4) is 0 Å². The number of hydrogen-bond donors (Lipinski definition) is 0. The molecule has 38 heavy (non-hydrogen) atoms. The third kappa shape index (κ3) is 21.5. The summed E-state index contributed by atoms with van der Waals surface area (Å²) in [5, 5.41) is 0. The Morgan fingerprint density at radius 2 is 1.03 bits per heavy atom. The third-order valence-electron chi connectivity index (χ3n) is 7.30. The van der Waals surface area contributed by atoms with E-state index in [4.69, 9.17) is 14.2 Å². The maximum absolute atomic E-state index is 11.8. The minimum atomic E-state index is -0.310. The maximum Gasteiger partial charge on any atom is 0.338 e. The maximum atomic E-state index is 11.8. The predicted octanol–water partition coefficient (Wildman–Crippen LogP) is 8.21. The molecule has 0 N–H and O–H groups in total. The summed E-state index contributed by atoms with van der Waals surface area (Å²) >= 11 is 0. The minimum absolute atomic E-state index is 0.261. The Morgan fingerprint density at radius 1 is 0.579 bits per heavy atom. The molecule has 0 aliphatic carbocycles. The quantitative estimate of drug-likeness (QED) is 0.0648. The zero-order valence-corrected chi connectivity index (χ0v) is 25.2. The molecule has 5 heteroatoms. The third-order valence-corrected chi connectivity index (χ3v) is 7.30. The van der Waals surface area contributed by atoms with Crippen molar-refractivity contribution in [2.24, 2.45) is 0 Å². The molecule has 220 valence electrons. The SMILES string of the molecule is CCCCCCCCCCCCCCCCCC[N+](C)(C)CCOCCOCCOC(=O)c1ccccc1. The van der Waals surface area contributed by atoms with E-state index in [0.717, 1.165) is 17.6 Å². The highest BCUT2D eigenvalue weighted by Gasteiger charge is 2.14. The average Bonchev–Trinajstić information content (AvgIpc) is 2.92. The van der Waals surface area contributed by atoms with Gasteiger partial charge in [0.25, 0.3) is 0 Å². The summed E-state index contributed by atoms with van der Waals surface area (Å²) in [6, 6.07) is 9.02. The van der Waals surface area contributed by atoms with Gasteiger partial charge < -0.3 is 18.7 Å². The number of esters is 1. The molecular weight excluding hydrogens is 474 g/mol.